The molecule has 0 unspecified atom stereocenters. The van der Waals surface area contributed by atoms with Gasteiger partial charge >= 0.3 is 0 Å². The van der Waals surface area contributed by atoms with Crippen molar-refractivity contribution in [3.63, 3.8) is 0 Å². The maximum atomic E-state index is 12.7. The van der Waals surface area contributed by atoms with Gasteiger partial charge in [0, 0.05) is 10.6 Å². The summed E-state index contributed by atoms with van der Waals surface area (Å²) in [4.78, 5) is 18.2. The van der Waals surface area contributed by atoms with E-state index in [1.165, 1.54) is 11.8 Å². The van der Waals surface area contributed by atoms with Gasteiger partial charge in [0.05, 0.1) is 27.9 Å². The highest BCUT2D eigenvalue weighted by Crippen LogP contribution is 2.38. The molecule has 4 aromatic rings. The molecule has 0 atom stereocenters. The van der Waals surface area contributed by atoms with E-state index >= 15 is 0 Å². The Hall–Kier alpha value is -2.54. The molecule has 0 aliphatic rings. The molecule has 0 fully saturated rings. The lowest BCUT2D eigenvalue weighted by Crippen LogP contribution is -2.13. The number of hydrogen-bond donors (Lipinski definition) is 1. The Kier molecular flexibility index (Phi) is 5.76. The predicted molar refractivity (Wildman–Crippen MR) is 121 cm³/mol. The lowest BCUT2D eigenvalue weighted by atomic mass is 10.1. The molecule has 3 aromatic carbocycles. The lowest BCUT2D eigenvalue weighted by Gasteiger charge is -2.12. The van der Waals surface area contributed by atoms with Crippen molar-refractivity contribution < 1.29 is 9.53 Å². The fourth-order valence-electron chi connectivity index (χ4n) is 2.95. The maximum Gasteiger partial charge on any atom is 0.259 e. The number of aryl methyl sites for hydroxylation is 1. The number of halogens is 1. The summed E-state index contributed by atoms with van der Waals surface area (Å²) in [5, 5.41) is 3.45. The van der Waals surface area contributed by atoms with Crippen LogP contribution in [0.4, 0.5) is 5.69 Å². The van der Waals surface area contributed by atoms with Crippen LogP contribution in [0.15, 0.2) is 69.9 Å². The second-order valence-corrected chi connectivity index (χ2v) is 9.03. The van der Waals surface area contributed by atoms with Crippen molar-refractivity contribution in [1.29, 1.82) is 0 Å². The van der Waals surface area contributed by atoms with E-state index in [0.29, 0.717) is 22.0 Å². The molecule has 4 rings (SSSR count). The molecule has 0 spiro atoms. The van der Waals surface area contributed by atoms with Crippen LogP contribution in [0.1, 0.15) is 15.9 Å². The number of nitrogens with one attached hydrogen (secondary N) is 1. The molecule has 0 aliphatic heterocycles. The number of carbonyl (C=O) groups excluding carboxylic acids is 1. The van der Waals surface area contributed by atoms with E-state index in [9.17, 15) is 4.79 Å². The summed E-state index contributed by atoms with van der Waals surface area (Å²) in [6.45, 7) is 1.90. The SMILES string of the molecule is COc1c(C)cccc1C(=O)Nc1ccc(Sc2nc3ccccc3s2)c(Cl)c1. The van der Waals surface area contributed by atoms with Crippen LogP contribution in [0, 0.1) is 6.92 Å². The summed E-state index contributed by atoms with van der Waals surface area (Å²) < 4.78 is 7.44. The van der Waals surface area contributed by atoms with Gasteiger partial charge < -0.3 is 10.1 Å². The molecule has 4 nitrogen and oxygen atoms in total. The number of para-hydroxylation sites is 2. The van der Waals surface area contributed by atoms with E-state index < -0.39 is 0 Å². The first-order chi connectivity index (χ1) is 14.0. The molecule has 0 saturated carbocycles. The van der Waals surface area contributed by atoms with Gasteiger partial charge in [0.2, 0.25) is 0 Å². The summed E-state index contributed by atoms with van der Waals surface area (Å²) in [7, 11) is 1.56. The van der Waals surface area contributed by atoms with Crippen LogP contribution in [-0.4, -0.2) is 18.0 Å². The van der Waals surface area contributed by atoms with Gasteiger partial charge in [-0.25, -0.2) is 4.98 Å². The van der Waals surface area contributed by atoms with Gasteiger partial charge in [0.1, 0.15) is 5.75 Å². The molecule has 1 aromatic heterocycles. The first-order valence-corrected chi connectivity index (χ1v) is 10.8. The lowest BCUT2D eigenvalue weighted by molar-refractivity contribution is 0.102. The van der Waals surface area contributed by atoms with Crippen molar-refractivity contribution in [2.45, 2.75) is 16.2 Å². The van der Waals surface area contributed by atoms with E-state index in [-0.39, 0.29) is 5.91 Å². The number of nitrogens with zero attached hydrogens (tertiary/aromatic N) is 1. The van der Waals surface area contributed by atoms with Gasteiger partial charge in [-0.05, 0) is 48.9 Å². The third kappa shape index (κ3) is 4.24. The van der Waals surface area contributed by atoms with Crippen LogP contribution in [0.5, 0.6) is 5.75 Å². The van der Waals surface area contributed by atoms with Gasteiger partial charge in [-0.3, -0.25) is 4.79 Å². The van der Waals surface area contributed by atoms with E-state index in [4.69, 9.17) is 16.3 Å². The fraction of sp³-hybridized carbons (Fsp3) is 0.0909. The maximum absolute atomic E-state index is 12.7. The van der Waals surface area contributed by atoms with Crippen molar-refractivity contribution in [3.05, 3.63) is 76.8 Å². The summed E-state index contributed by atoms with van der Waals surface area (Å²) in [5.74, 6) is 0.326. The molecule has 0 radical (unpaired) electrons. The topological polar surface area (TPSA) is 51.2 Å². The van der Waals surface area contributed by atoms with Gasteiger partial charge in [-0.15, -0.1) is 11.3 Å². The quantitative estimate of drug-likeness (QED) is 0.376. The first-order valence-electron chi connectivity index (χ1n) is 8.83. The number of aromatic nitrogens is 1. The second-order valence-electron chi connectivity index (χ2n) is 6.30. The fourth-order valence-corrected chi connectivity index (χ4v) is 5.27. The smallest absolute Gasteiger partial charge is 0.259 e. The van der Waals surface area contributed by atoms with Crippen molar-refractivity contribution in [1.82, 2.24) is 4.98 Å². The summed E-state index contributed by atoms with van der Waals surface area (Å²) in [5.41, 5.74) is 2.99. The Balaban J connectivity index is 1.53. The number of carbonyl (C=O) groups is 1. The Labute approximate surface area is 181 Å². The molecule has 0 saturated heterocycles. The summed E-state index contributed by atoms with van der Waals surface area (Å²) >= 11 is 9.61. The molecule has 1 amide bonds. The van der Waals surface area contributed by atoms with Crippen molar-refractivity contribution in [2.24, 2.45) is 0 Å². The van der Waals surface area contributed by atoms with Crippen LogP contribution in [-0.2, 0) is 0 Å². The minimum atomic E-state index is -0.242. The predicted octanol–water partition coefficient (Wildman–Crippen LogP) is 6.67. The van der Waals surface area contributed by atoms with E-state index in [1.807, 2.05) is 49.4 Å². The van der Waals surface area contributed by atoms with Gasteiger partial charge in [-0.2, -0.15) is 0 Å². The number of methoxy groups -OCH3 is 1. The van der Waals surface area contributed by atoms with Gasteiger partial charge in [-0.1, -0.05) is 47.6 Å². The standard InChI is InChI=1S/C22H17ClN2O2S2/c1-13-6-5-7-15(20(13)27-2)21(26)24-14-10-11-18(16(23)12-14)28-22-25-17-8-3-4-9-19(17)29-22/h3-12H,1-2H3,(H,24,26). The average Bonchev–Trinajstić information content (AvgIpc) is 3.12. The molecule has 1 heterocycles. The second kappa shape index (κ2) is 8.45. The summed E-state index contributed by atoms with van der Waals surface area (Å²) in [6, 6.07) is 19.0. The molecular formula is C22H17ClN2O2S2. The zero-order chi connectivity index (χ0) is 20.4. The number of amides is 1. The van der Waals surface area contributed by atoms with Crippen LogP contribution in [0.3, 0.4) is 0 Å². The van der Waals surface area contributed by atoms with Crippen LogP contribution >= 0.6 is 34.7 Å². The van der Waals surface area contributed by atoms with E-state index in [2.05, 4.69) is 16.4 Å². The highest BCUT2D eigenvalue weighted by molar-refractivity contribution is 8.01. The van der Waals surface area contributed by atoms with Crippen LogP contribution in [0.25, 0.3) is 10.2 Å². The van der Waals surface area contributed by atoms with Gasteiger partial charge in [0.15, 0.2) is 4.34 Å². The van der Waals surface area contributed by atoms with E-state index in [1.54, 1.807) is 30.6 Å². The number of rotatable bonds is 5. The van der Waals surface area contributed by atoms with Crippen LogP contribution < -0.4 is 10.1 Å². The largest absolute Gasteiger partial charge is 0.496 e. The normalized spacial score (nSPS) is 10.9. The zero-order valence-electron chi connectivity index (χ0n) is 15.7. The molecule has 1 N–H and O–H groups in total. The number of anilines is 1. The minimum absolute atomic E-state index is 0.242. The molecule has 0 bridgehead atoms. The Bertz CT molecular complexity index is 1170. The third-order valence-electron chi connectivity index (χ3n) is 4.32. The molecular weight excluding hydrogens is 424 g/mol. The Morgan fingerprint density at radius 1 is 1.14 bits per heavy atom. The van der Waals surface area contributed by atoms with E-state index in [0.717, 1.165) is 25.0 Å². The molecule has 0 aliphatic carbocycles. The third-order valence-corrected chi connectivity index (χ3v) is 6.92. The number of hydrogen-bond acceptors (Lipinski definition) is 5. The Morgan fingerprint density at radius 3 is 2.72 bits per heavy atom. The molecule has 146 valence electrons. The number of thiazole rings is 1. The highest BCUT2D eigenvalue weighted by atomic mass is 35.5. The number of ether oxygens (including phenoxy) is 1. The minimum Gasteiger partial charge on any atom is -0.496 e. The Morgan fingerprint density at radius 2 is 1.97 bits per heavy atom. The van der Waals surface area contributed by atoms with Gasteiger partial charge in [0.25, 0.3) is 5.91 Å². The number of benzene rings is 3. The number of fused-ring (bicyclic) bond motifs is 1. The molecule has 7 heteroatoms. The highest BCUT2D eigenvalue weighted by Gasteiger charge is 2.15. The van der Waals surface area contributed by atoms with Crippen molar-refractivity contribution in [3.8, 4) is 5.75 Å². The average molecular weight is 441 g/mol. The molecule has 29 heavy (non-hydrogen) atoms. The van der Waals surface area contributed by atoms with Crippen LogP contribution in [0.2, 0.25) is 5.02 Å². The monoisotopic (exact) mass is 440 g/mol. The van der Waals surface area contributed by atoms with Crippen molar-refractivity contribution in [2.75, 3.05) is 12.4 Å². The summed E-state index contributed by atoms with van der Waals surface area (Å²) in [6.07, 6.45) is 0. The zero-order valence-corrected chi connectivity index (χ0v) is 18.1. The van der Waals surface area contributed by atoms with Crippen molar-refractivity contribution >= 4 is 56.5 Å². The first kappa shape index (κ1) is 19.8.